The summed E-state index contributed by atoms with van der Waals surface area (Å²) in [6.07, 6.45) is -0.0555. The van der Waals surface area contributed by atoms with Crippen LogP contribution in [-0.2, 0) is 11.0 Å². The summed E-state index contributed by atoms with van der Waals surface area (Å²) in [5.74, 6) is 1.74. The molecule has 1 amide bonds. The molecule has 8 heteroatoms. The van der Waals surface area contributed by atoms with Crippen molar-refractivity contribution in [3.63, 3.8) is 0 Å². The number of alkyl halides is 3. The number of rotatable bonds is 4. The molecule has 1 N–H and O–H groups in total. The van der Waals surface area contributed by atoms with Gasteiger partial charge in [0.1, 0.15) is 5.82 Å². The molecule has 1 aliphatic carbocycles. The van der Waals surface area contributed by atoms with Crippen LogP contribution in [0.1, 0.15) is 38.7 Å². The van der Waals surface area contributed by atoms with Crippen LogP contribution in [0.3, 0.4) is 0 Å². The number of hydrogen-bond donors (Lipinski definition) is 1. The Balaban J connectivity index is 1.45. The molecule has 156 valence electrons. The molecule has 0 unspecified atom stereocenters. The molecule has 0 aromatic carbocycles. The highest BCUT2D eigenvalue weighted by molar-refractivity contribution is 5.78. The topological polar surface area (TPSA) is 48.5 Å². The molecular weight excluding hydrogens is 369 g/mol. The summed E-state index contributed by atoms with van der Waals surface area (Å²) in [4.78, 5) is 20.4. The van der Waals surface area contributed by atoms with Crippen LogP contribution in [0, 0.1) is 11.8 Å². The number of hydrogen-bond acceptors (Lipinski definition) is 4. The van der Waals surface area contributed by atoms with E-state index in [0.29, 0.717) is 50.4 Å². The van der Waals surface area contributed by atoms with E-state index in [4.69, 9.17) is 0 Å². The van der Waals surface area contributed by atoms with Gasteiger partial charge >= 0.3 is 6.18 Å². The van der Waals surface area contributed by atoms with E-state index in [2.05, 4.69) is 29.0 Å². The Morgan fingerprint density at radius 3 is 2.50 bits per heavy atom. The van der Waals surface area contributed by atoms with Gasteiger partial charge in [-0.25, -0.2) is 4.98 Å². The van der Waals surface area contributed by atoms with Gasteiger partial charge in [0.05, 0.1) is 12.1 Å². The molecule has 1 saturated heterocycles. The third kappa shape index (κ3) is 5.16. The van der Waals surface area contributed by atoms with Crippen LogP contribution in [0.15, 0.2) is 18.3 Å². The smallest absolute Gasteiger partial charge is 0.354 e. The normalized spacial score (nSPS) is 26.9. The fourth-order valence-electron chi connectivity index (χ4n) is 4.12. The average molecular weight is 398 g/mol. The molecule has 2 fully saturated rings. The van der Waals surface area contributed by atoms with E-state index >= 15 is 0 Å². The summed E-state index contributed by atoms with van der Waals surface area (Å²) in [6.45, 7) is 7.48. The predicted octanol–water partition coefficient (Wildman–Crippen LogP) is 3.16. The number of aromatic nitrogens is 1. The number of piperazine rings is 1. The van der Waals surface area contributed by atoms with Gasteiger partial charge in [0.15, 0.2) is 0 Å². The van der Waals surface area contributed by atoms with Crippen LogP contribution >= 0.6 is 0 Å². The number of halogens is 3. The molecule has 0 spiro atoms. The maximum absolute atomic E-state index is 12.7. The van der Waals surface area contributed by atoms with Gasteiger partial charge in [-0.1, -0.05) is 26.7 Å². The third-order valence-electron chi connectivity index (χ3n) is 6.19. The minimum Gasteiger partial charge on any atom is -0.354 e. The first-order valence-electron chi connectivity index (χ1n) is 10.0. The Kier molecular flexibility index (Phi) is 6.47. The molecule has 1 aliphatic heterocycles. The summed E-state index contributed by atoms with van der Waals surface area (Å²) in [5, 5.41) is 3.20. The van der Waals surface area contributed by atoms with Gasteiger partial charge in [-0.2, -0.15) is 13.2 Å². The van der Waals surface area contributed by atoms with Crippen molar-refractivity contribution in [2.45, 2.75) is 45.3 Å². The van der Waals surface area contributed by atoms with Crippen molar-refractivity contribution < 1.29 is 18.0 Å². The first-order chi connectivity index (χ1) is 13.2. The lowest BCUT2D eigenvalue weighted by molar-refractivity contribution is -0.137. The van der Waals surface area contributed by atoms with Crippen LogP contribution < -0.4 is 10.2 Å². The van der Waals surface area contributed by atoms with E-state index in [1.807, 2.05) is 4.90 Å². The number of amides is 1. The summed E-state index contributed by atoms with van der Waals surface area (Å²) >= 11 is 0. The molecule has 1 saturated carbocycles. The van der Waals surface area contributed by atoms with Gasteiger partial charge < -0.3 is 10.2 Å². The second-order valence-electron chi connectivity index (χ2n) is 8.11. The lowest BCUT2D eigenvalue weighted by Gasteiger charge is -2.37. The lowest BCUT2D eigenvalue weighted by atomic mass is 9.78. The van der Waals surface area contributed by atoms with Crippen LogP contribution in [-0.4, -0.2) is 54.6 Å². The molecule has 0 bridgehead atoms. The van der Waals surface area contributed by atoms with Crippen molar-refractivity contribution >= 4 is 11.7 Å². The minimum absolute atomic E-state index is 0.0621. The highest BCUT2D eigenvalue weighted by atomic mass is 19.4. The molecule has 2 aliphatic rings. The molecule has 3 rings (SSSR count). The van der Waals surface area contributed by atoms with E-state index in [1.54, 1.807) is 0 Å². The maximum atomic E-state index is 12.7. The standard InChI is InChI=1S/C20H29F3N4O/c1-14-4-3-5-17(15(14)2)25-19(28)13-26-8-10-27(11-9-26)18-7-6-16(12-24-18)20(21,22)23/h6-7,12,14-15,17H,3-5,8-11,13H2,1-2H3,(H,25,28)/t14-,15+,17-/m0/s1. The molecule has 1 aromatic rings. The van der Waals surface area contributed by atoms with Gasteiger partial charge in [0, 0.05) is 38.4 Å². The molecule has 5 nitrogen and oxygen atoms in total. The lowest BCUT2D eigenvalue weighted by Crippen LogP contribution is -2.52. The maximum Gasteiger partial charge on any atom is 0.417 e. The summed E-state index contributed by atoms with van der Waals surface area (Å²) < 4.78 is 38.0. The van der Waals surface area contributed by atoms with Crippen LogP contribution in [0.4, 0.5) is 19.0 Å². The Hall–Kier alpha value is -1.83. The first-order valence-corrected chi connectivity index (χ1v) is 10.0. The van der Waals surface area contributed by atoms with E-state index in [0.717, 1.165) is 25.1 Å². The molecule has 3 atom stereocenters. The van der Waals surface area contributed by atoms with Gasteiger partial charge in [-0.15, -0.1) is 0 Å². The number of carbonyl (C=O) groups excluding carboxylic acids is 1. The van der Waals surface area contributed by atoms with Crippen molar-refractivity contribution in [2.24, 2.45) is 11.8 Å². The van der Waals surface area contributed by atoms with Crippen molar-refractivity contribution in [3.8, 4) is 0 Å². The Bertz CT molecular complexity index is 656. The van der Waals surface area contributed by atoms with Crippen LogP contribution in [0.5, 0.6) is 0 Å². The summed E-state index contributed by atoms with van der Waals surface area (Å²) in [6, 6.07) is 2.74. The van der Waals surface area contributed by atoms with E-state index in [-0.39, 0.29) is 11.9 Å². The van der Waals surface area contributed by atoms with Crippen molar-refractivity contribution in [2.75, 3.05) is 37.6 Å². The Morgan fingerprint density at radius 2 is 1.89 bits per heavy atom. The van der Waals surface area contributed by atoms with Crippen molar-refractivity contribution in [3.05, 3.63) is 23.9 Å². The molecule has 0 radical (unpaired) electrons. The average Bonchev–Trinajstić information content (AvgIpc) is 2.65. The monoisotopic (exact) mass is 398 g/mol. The Morgan fingerprint density at radius 1 is 1.18 bits per heavy atom. The van der Waals surface area contributed by atoms with Gasteiger partial charge in [0.2, 0.25) is 5.91 Å². The second kappa shape index (κ2) is 8.68. The van der Waals surface area contributed by atoms with E-state index in [1.165, 1.54) is 12.5 Å². The van der Waals surface area contributed by atoms with Crippen LogP contribution in [0.2, 0.25) is 0 Å². The largest absolute Gasteiger partial charge is 0.417 e. The zero-order valence-corrected chi connectivity index (χ0v) is 16.5. The zero-order valence-electron chi connectivity index (χ0n) is 16.5. The van der Waals surface area contributed by atoms with Crippen LogP contribution in [0.25, 0.3) is 0 Å². The molecular formula is C20H29F3N4O. The second-order valence-corrected chi connectivity index (χ2v) is 8.11. The molecule has 28 heavy (non-hydrogen) atoms. The number of anilines is 1. The summed E-state index contributed by atoms with van der Waals surface area (Å²) in [7, 11) is 0. The Labute approximate surface area is 164 Å². The fourth-order valence-corrected chi connectivity index (χ4v) is 4.12. The number of nitrogens with one attached hydrogen (secondary N) is 1. The van der Waals surface area contributed by atoms with Crippen molar-refractivity contribution in [1.82, 2.24) is 15.2 Å². The third-order valence-corrected chi connectivity index (χ3v) is 6.19. The summed E-state index contributed by atoms with van der Waals surface area (Å²) in [5.41, 5.74) is -0.738. The zero-order chi connectivity index (χ0) is 20.3. The quantitative estimate of drug-likeness (QED) is 0.847. The van der Waals surface area contributed by atoms with Gasteiger partial charge in [-0.05, 0) is 30.4 Å². The highest BCUT2D eigenvalue weighted by Crippen LogP contribution is 2.30. The SMILES string of the molecule is C[C@H]1[C@@H](NC(=O)CN2CCN(c3ccc(C(F)(F)F)cn3)CC2)CCC[C@@H]1C. The highest BCUT2D eigenvalue weighted by Gasteiger charge is 2.31. The predicted molar refractivity (Wildman–Crippen MR) is 102 cm³/mol. The number of nitrogens with zero attached hydrogens (tertiary/aromatic N) is 3. The molecule has 2 heterocycles. The first kappa shape index (κ1) is 20.9. The fraction of sp³-hybridized carbons (Fsp3) is 0.700. The van der Waals surface area contributed by atoms with Gasteiger partial charge in [0.25, 0.3) is 0 Å². The van der Waals surface area contributed by atoms with Crippen molar-refractivity contribution in [1.29, 1.82) is 0 Å². The van der Waals surface area contributed by atoms with Gasteiger partial charge in [-0.3, -0.25) is 9.69 Å². The van der Waals surface area contributed by atoms with E-state index < -0.39 is 11.7 Å². The van der Waals surface area contributed by atoms with E-state index in [9.17, 15) is 18.0 Å². The molecule has 1 aromatic heterocycles. The minimum atomic E-state index is -4.37. The number of carbonyl (C=O) groups is 1. The number of pyridine rings is 1.